The van der Waals surface area contributed by atoms with Gasteiger partial charge in [0, 0.05) is 71.7 Å². The highest BCUT2D eigenvalue weighted by Gasteiger charge is 2.29. The van der Waals surface area contributed by atoms with Crippen molar-refractivity contribution < 1.29 is 9.53 Å². The van der Waals surface area contributed by atoms with Gasteiger partial charge >= 0.3 is 6.09 Å². The molecule has 5 N–H and O–H groups in total. The summed E-state index contributed by atoms with van der Waals surface area (Å²) < 4.78 is 9.18. The average molecular weight is 844 g/mol. The Morgan fingerprint density at radius 3 is 1.59 bits per heavy atom. The number of alkyl carbamates (subject to hydrolysis) is 1. The summed E-state index contributed by atoms with van der Waals surface area (Å²) in [5, 5.41) is 19.1. The summed E-state index contributed by atoms with van der Waals surface area (Å²) in [5.41, 5.74) is 9.80. The molecule has 4 saturated carbocycles. The van der Waals surface area contributed by atoms with E-state index in [-0.39, 0.29) is 78.5 Å². The van der Waals surface area contributed by atoms with Gasteiger partial charge in [0.2, 0.25) is 0 Å². The number of carbonyl (C=O) groups excluding carboxylic acids is 1. The van der Waals surface area contributed by atoms with Crippen LogP contribution in [0.1, 0.15) is 134 Å². The molecule has 4 heterocycles. The van der Waals surface area contributed by atoms with Crippen LogP contribution in [0.4, 0.5) is 16.4 Å². The first kappa shape index (κ1) is 47.9. The number of amides is 1. The first-order valence-electron chi connectivity index (χ1n) is 18.6. The minimum Gasteiger partial charge on any atom is -0.444 e. The molecule has 0 aromatic carbocycles. The van der Waals surface area contributed by atoms with Crippen LogP contribution in [0.2, 0.25) is 0 Å². The van der Waals surface area contributed by atoms with Crippen molar-refractivity contribution in [2.45, 2.75) is 152 Å². The van der Waals surface area contributed by atoms with Crippen molar-refractivity contribution in [1.29, 1.82) is 0 Å². The molecule has 4 aromatic rings. The maximum absolute atomic E-state index is 12.0. The summed E-state index contributed by atoms with van der Waals surface area (Å²) in [6.07, 6.45) is 19.6. The van der Waals surface area contributed by atoms with Crippen molar-refractivity contribution in [2.75, 3.05) is 10.6 Å². The lowest BCUT2D eigenvalue weighted by molar-refractivity contribution is 0.0505. The molecule has 1 amide bonds. The third-order valence-corrected chi connectivity index (χ3v) is 10.6. The van der Waals surface area contributed by atoms with Crippen molar-refractivity contribution in [3.63, 3.8) is 0 Å². The molecule has 54 heavy (non-hydrogen) atoms. The Morgan fingerprint density at radius 1 is 0.704 bits per heavy atom. The zero-order chi connectivity index (χ0) is 34.0. The van der Waals surface area contributed by atoms with Crippen molar-refractivity contribution in [1.82, 2.24) is 34.5 Å². The molecule has 4 aliphatic rings. The highest BCUT2D eigenvalue weighted by atomic mass is 35.5. The summed E-state index contributed by atoms with van der Waals surface area (Å²) in [5.74, 6) is 3.26. The normalized spacial score (nSPS) is 22.4. The number of hydrogen-bond donors (Lipinski definition) is 4. The molecule has 0 unspecified atom stereocenters. The second-order valence-electron chi connectivity index (χ2n) is 15.7. The predicted molar refractivity (Wildman–Crippen MR) is 241 cm³/mol. The number of nitrogens with zero attached hydrogens (tertiary/aromatic N) is 6. The second-order valence-corrected chi connectivity index (χ2v) is 15.7. The van der Waals surface area contributed by atoms with Gasteiger partial charge < -0.3 is 26.4 Å². The topological polar surface area (TPSA) is 149 Å². The summed E-state index contributed by atoms with van der Waals surface area (Å²) in [6.45, 7) is 5.64. The van der Waals surface area contributed by atoms with E-state index in [0.717, 1.165) is 61.5 Å². The van der Waals surface area contributed by atoms with Crippen LogP contribution < -0.4 is 21.7 Å². The van der Waals surface area contributed by atoms with Crippen molar-refractivity contribution in [2.24, 2.45) is 5.73 Å². The Kier molecular flexibility index (Phi) is 18.9. The molecule has 4 fully saturated rings. The third kappa shape index (κ3) is 12.1. The minimum absolute atomic E-state index is 0. The van der Waals surface area contributed by atoms with E-state index in [0.29, 0.717) is 30.0 Å². The van der Waals surface area contributed by atoms with E-state index in [2.05, 4.69) is 38.3 Å². The number of anilines is 2. The van der Waals surface area contributed by atoms with Crippen LogP contribution in [0.5, 0.6) is 0 Å². The quantitative estimate of drug-likeness (QED) is 0.146. The Hall–Kier alpha value is -2.24. The Balaban J connectivity index is 0.000000352. The fraction of sp³-hybridized carbons (Fsp3) is 0.649. The SMILES string of the molecule is CC(C)(C)OC(=O)N[C@H]1CC[C@H](Nc2cc(C3CCCC3)nc3ccnn23)C1.Cl.N[C@H]1CC[C@H](Nc2cc(C3CCCC3)nc3ccnn23)C1.S.S.S.S. The molecule has 12 nitrogen and oxygen atoms in total. The third-order valence-electron chi connectivity index (χ3n) is 10.6. The molecule has 4 atom stereocenters. The van der Waals surface area contributed by atoms with E-state index in [1.54, 1.807) is 6.20 Å². The number of fused-ring (bicyclic) bond motifs is 2. The largest absolute Gasteiger partial charge is 0.444 e. The highest BCUT2D eigenvalue weighted by Crippen LogP contribution is 2.36. The van der Waals surface area contributed by atoms with Gasteiger partial charge in [0.05, 0.1) is 12.4 Å². The molecule has 0 aliphatic heterocycles. The zero-order valence-electron chi connectivity index (χ0n) is 31.8. The van der Waals surface area contributed by atoms with Gasteiger partial charge in [0.25, 0.3) is 0 Å². The highest BCUT2D eigenvalue weighted by molar-refractivity contribution is 7.59. The van der Waals surface area contributed by atoms with Crippen LogP contribution in [0, 0.1) is 0 Å². The van der Waals surface area contributed by atoms with E-state index in [1.165, 1.54) is 62.8 Å². The first-order valence-corrected chi connectivity index (χ1v) is 18.6. The molecule has 0 bridgehead atoms. The maximum Gasteiger partial charge on any atom is 0.407 e. The number of halogens is 1. The Morgan fingerprint density at radius 2 is 1.15 bits per heavy atom. The van der Waals surface area contributed by atoms with E-state index in [9.17, 15) is 4.79 Å². The summed E-state index contributed by atoms with van der Waals surface area (Å²) in [7, 11) is 0. The fourth-order valence-electron chi connectivity index (χ4n) is 8.22. The second kappa shape index (κ2) is 21.3. The van der Waals surface area contributed by atoms with E-state index >= 15 is 0 Å². The van der Waals surface area contributed by atoms with Crippen molar-refractivity contribution in [3.8, 4) is 0 Å². The van der Waals surface area contributed by atoms with Crippen LogP contribution >= 0.6 is 66.4 Å². The van der Waals surface area contributed by atoms with E-state index in [1.807, 2.05) is 48.1 Å². The van der Waals surface area contributed by atoms with Crippen LogP contribution in [0.15, 0.2) is 36.7 Å². The lowest BCUT2D eigenvalue weighted by atomic mass is 10.0. The lowest BCUT2D eigenvalue weighted by Gasteiger charge is -2.22. The average Bonchev–Trinajstić information content (AvgIpc) is 3.90. The summed E-state index contributed by atoms with van der Waals surface area (Å²) in [6, 6.07) is 9.57. The molecule has 0 saturated heterocycles. The first-order chi connectivity index (χ1) is 23.7. The monoisotopic (exact) mass is 842 g/mol. The lowest BCUT2D eigenvalue weighted by Crippen LogP contribution is -2.38. The van der Waals surface area contributed by atoms with Crippen molar-refractivity contribution >= 4 is 95.4 Å². The van der Waals surface area contributed by atoms with Crippen LogP contribution in [0.25, 0.3) is 11.3 Å². The molecule has 4 aromatic heterocycles. The number of hydrogen-bond acceptors (Lipinski definition) is 9. The number of rotatable bonds is 7. The van der Waals surface area contributed by atoms with Crippen LogP contribution in [0.3, 0.4) is 0 Å². The standard InChI is InChI=1S/C21H31N5O2.C16H23N5.ClH.4H2S/c1-21(2,3)28-20(27)24-16-9-8-15(12-16)23-19-13-17(14-6-4-5-7-14)25-18-10-11-22-26(18)19;17-12-5-6-13(9-12)19-16-10-14(11-3-1-2-4-11)20-15-7-8-18-21(15)16;;;;;/h10-11,13-16,23H,4-9,12H2,1-3H3,(H,24,27);7-8,10-13,19H,1-6,9,17H2;1H;4*1H2/t15-,16-;12-,13-;;;;;/m00...../s1. The summed E-state index contributed by atoms with van der Waals surface area (Å²) >= 11 is 0. The molecule has 0 radical (unpaired) electrons. The molecule has 8 rings (SSSR count). The minimum atomic E-state index is -0.473. The zero-order valence-corrected chi connectivity index (χ0v) is 36.6. The van der Waals surface area contributed by atoms with Gasteiger partial charge in [-0.05, 0) is 85.0 Å². The Labute approximate surface area is 354 Å². The maximum atomic E-state index is 12.0. The fourth-order valence-corrected chi connectivity index (χ4v) is 8.22. The molecule has 17 heteroatoms. The molecule has 4 aliphatic carbocycles. The van der Waals surface area contributed by atoms with Gasteiger partial charge in [-0.15, -0.1) is 12.4 Å². The predicted octanol–water partition coefficient (Wildman–Crippen LogP) is 7.80. The number of ether oxygens (including phenoxy) is 1. The molecule has 304 valence electrons. The van der Waals surface area contributed by atoms with Gasteiger partial charge in [0.15, 0.2) is 11.3 Å². The van der Waals surface area contributed by atoms with E-state index in [4.69, 9.17) is 20.4 Å². The summed E-state index contributed by atoms with van der Waals surface area (Å²) in [4.78, 5) is 21.7. The number of nitrogens with one attached hydrogen (secondary N) is 3. The van der Waals surface area contributed by atoms with Gasteiger partial charge in [-0.1, -0.05) is 25.7 Å². The van der Waals surface area contributed by atoms with Crippen LogP contribution in [-0.4, -0.2) is 65.1 Å². The number of carbonyl (C=O) groups is 1. The molecular weight excluding hydrogens is 780 g/mol. The van der Waals surface area contributed by atoms with Gasteiger partial charge in [0.1, 0.15) is 17.2 Å². The van der Waals surface area contributed by atoms with Gasteiger partial charge in [-0.3, -0.25) is 0 Å². The molecular formula is C37H63ClN10O2S4. The van der Waals surface area contributed by atoms with E-state index < -0.39 is 5.60 Å². The smallest absolute Gasteiger partial charge is 0.407 e. The van der Waals surface area contributed by atoms with Crippen LogP contribution in [-0.2, 0) is 4.74 Å². The van der Waals surface area contributed by atoms with Gasteiger partial charge in [-0.2, -0.15) is 73.2 Å². The number of nitrogens with two attached hydrogens (primary N) is 1. The van der Waals surface area contributed by atoms with Gasteiger partial charge in [-0.25, -0.2) is 14.8 Å². The number of aromatic nitrogens is 6. The van der Waals surface area contributed by atoms with Crippen molar-refractivity contribution in [3.05, 3.63) is 48.0 Å². The Bertz CT molecular complexity index is 1740. The molecule has 0 spiro atoms.